The number of thioether (sulfide) groups is 1. The number of aryl methyl sites for hydroxylation is 3. The highest BCUT2D eigenvalue weighted by Gasteiger charge is 2.19. The summed E-state index contributed by atoms with van der Waals surface area (Å²) in [6.07, 6.45) is 0. The van der Waals surface area contributed by atoms with Crippen molar-refractivity contribution in [3.8, 4) is 5.69 Å². The Labute approximate surface area is 165 Å². The molecule has 0 radical (unpaired) electrons. The van der Waals surface area contributed by atoms with Crippen molar-refractivity contribution in [2.24, 2.45) is 0 Å². The lowest BCUT2D eigenvalue weighted by molar-refractivity contribution is -0.115. The first-order chi connectivity index (χ1) is 12.8. The number of nitrogens with zero attached hydrogens (tertiary/aromatic N) is 2. The summed E-state index contributed by atoms with van der Waals surface area (Å²) in [7, 11) is 0. The number of nitrogens with one attached hydrogen (secondary N) is 1. The molecule has 1 amide bonds. The Kier molecular flexibility index (Phi) is 5.71. The summed E-state index contributed by atoms with van der Waals surface area (Å²) in [5.74, 6) is -0.0183. The van der Waals surface area contributed by atoms with Gasteiger partial charge >= 0.3 is 0 Å². The third-order valence-corrected chi connectivity index (χ3v) is 5.63. The Morgan fingerprint density at radius 3 is 2.11 bits per heavy atom. The molecule has 0 saturated heterocycles. The van der Waals surface area contributed by atoms with Crippen molar-refractivity contribution in [2.75, 3.05) is 5.32 Å². The molecule has 1 heterocycles. The Morgan fingerprint density at radius 1 is 0.963 bits per heavy atom. The van der Waals surface area contributed by atoms with Gasteiger partial charge in [-0.2, -0.15) is 5.10 Å². The maximum atomic E-state index is 12.7. The van der Waals surface area contributed by atoms with Crippen LogP contribution in [0.3, 0.4) is 0 Å². The van der Waals surface area contributed by atoms with Crippen molar-refractivity contribution >= 4 is 23.4 Å². The van der Waals surface area contributed by atoms with Crippen LogP contribution < -0.4 is 5.32 Å². The van der Waals surface area contributed by atoms with Crippen LogP contribution in [0.15, 0.2) is 53.4 Å². The second-order valence-corrected chi connectivity index (χ2v) is 8.27. The fourth-order valence-electron chi connectivity index (χ4n) is 2.86. The summed E-state index contributed by atoms with van der Waals surface area (Å²) in [4.78, 5) is 13.8. The van der Waals surface area contributed by atoms with E-state index in [4.69, 9.17) is 0 Å². The van der Waals surface area contributed by atoms with Crippen LogP contribution in [0.4, 0.5) is 5.69 Å². The maximum Gasteiger partial charge on any atom is 0.237 e. The zero-order valence-corrected chi connectivity index (χ0v) is 17.2. The summed E-state index contributed by atoms with van der Waals surface area (Å²) in [6.45, 7) is 9.94. The molecule has 2 aromatic carbocycles. The predicted octanol–water partition coefficient (Wildman–Crippen LogP) is 5.23. The van der Waals surface area contributed by atoms with Crippen molar-refractivity contribution in [3.05, 3.63) is 71.0 Å². The first kappa shape index (κ1) is 19.2. The number of anilines is 1. The van der Waals surface area contributed by atoms with E-state index in [0.29, 0.717) is 0 Å². The molecule has 0 aliphatic carbocycles. The van der Waals surface area contributed by atoms with E-state index in [9.17, 15) is 4.79 Å². The zero-order chi connectivity index (χ0) is 19.6. The van der Waals surface area contributed by atoms with Gasteiger partial charge in [0.1, 0.15) is 0 Å². The van der Waals surface area contributed by atoms with E-state index in [-0.39, 0.29) is 11.2 Å². The maximum absolute atomic E-state index is 12.7. The molecule has 3 rings (SSSR count). The monoisotopic (exact) mass is 379 g/mol. The van der Waals surface area contributed by atoms with Gasteiger partial charge in [0.05, 0.1) is 28.0 Å². The van der Waals surface area contributed by atoms with E-state index in [1.54, 1.807) is 11.8 Å². The van der Waals surface area contributed by atoms with Gasteiger partial charge < -0.3 is 5.32 Å². The average molecular weight is 380 g/mol. The van der Waals surface area contributed by atoms with Crippen LogP contribution in [0.25, 0.3) is 5.69 Å². The van der Waals surface area contributed by atoms with Gasteiger partial charge in [0.2, 0.25) is 5.91 Å². The van der Waals surface area contributed by atoms with Gasteiger partial charge in [-0.15, -0.1) is 11.8 Å². The first-order valence-electron chi connectivity index (χ1n) is 9.02. The number of hydrogen-bond acceptors (Lipinski definition) is 3. The average Bonchev–Trinajstić information content (AvgIpc) is 2.92. The lowest BCUT2D eigenvalue weighted by Gasteiger charge is -2.13. The van der Waals surface area contributed by atoms with Gasteiger partial charge in [-0.25, -0.2) is 4.68 Å². The topological polar surface area (TPSA) is 46.9 Å². The molecular weight excluding hydrogens is 354 g/mol. The number of rotatable bonds is 5. The summed E-state index contributed by atoms with van der Waals surface area (Å²) in [5, 5.41) is 7.48. The third-order valence-electron chi connectivity index (χ3n) is 4.52. The van der Waals surface area contributed by atoms with E-state index in [1.807, 2.05) is 37.6 Å². The zero-order valence-electron chi connectivity index (χ0n) is 16.4. The van der Waals surface area contributed by atoms with Crippen molar-refractivity contribution in [1.82, 2.24) is 9.78 Å². The van der Waals surface area contributed by atoms with Crippen molar-refractivity contribution < 1.29 is 4.79 Å². The second-order valence-electron chi connectivity index (χ2n) is 6.86. The predicted molar refractivity (Wildman–Crippen MR) is 113 cm³/mol. The molecule has 140 valence electrons. The molecule has 1 unspecified atom stereocenters. The summed E-state index contributed by atoms with van der Waals surface area (Å²) < 4.78 is 1.88. The molecular formula is C22H25N3OS. The molecule has 27 heavy (non-hydrogen) atoms. The van der Waals surface area contributed by atoms with Gasteiger partial charge in [-0.1, -0.05) is 35.4 Å². The lowest BCUT2D eigenvalue weighted by atomic mass is 10.2. The van der Waals surface area contributed by atoms with Crippen LogP contribution >= 0.6 is 11.8 Å². The van der Waals surface area contributed by atoms with E-state index in [0.717, 1.165) is 27.7 Å². The quantitative estimate of drug-likeness (QED) is 0.618. The highest BCUT2D eigenvalue weighted by molar-refractivity contribution is 8.00. The van der Waals surface area contributed by atoms with Crippen LogP contribution in [0.2, 0.25) is 0 Å². The Balaban J connectivity index is 1.75. The molecule has 0 bridgehead atoms. The van der Waals surface area contributed by atoms with E-state index < -0.39 is 0 Å². The number of carbonyl (C=O) groups excluding carboxylic acids is 1. The van der Waals surface area contributed by atoms with Crippen molar-refractivity contribution in [3.63, 3.8) is 0 Å². The van der Waals surface area contributed by atoms with E-state index in [2.05, 4.69) is 60.7 Å². The molecule has 0 aliphatic rings. The number of hydrogen-bond donors (Lipinski definition) is 1. The number of aromatic nitrogens is 2. The molecule has 1 N–H and O–H groups in total. The molecule has 0 fully saturated rings. The van der Waals surface area contributed by atoms with Crippen molar-refractivity contribution in [1.29, 1.82) is 0 Å². The SMILES string of the molecule is Cc1ccc(SC(C)C(=O)Nc2c(C)nn(-c3ccc(C)cc3)c2C)cc1. The fourth-order valence-corrected chi connectivity index (χ4v) is 3.73. The van der Waals surface area contributed by atoms with Crippen LogP contribution in [-0.2, 0) is 4.79 Å². The minimum atomic E-state index is -0.200. The molecule has 1 atom stereocenters. The smallest absolute Gasteiger partial charge is 0.237 e. The minimum Gasteiger partial charge on any atom is -0.322 e. The third kappa shape index (κ3) is 4.42. The van der Waals surface area contributed by atoms with Gasteiger partial charge in [-0.3, -0.25) is 4.79 Å². The molecule has 1 aromatic heterocycles. The summed E-state index contributed by atoms with van der Waals surface area (Å²) >= 11 is 1.56. The van der Waals surface area contributed by atoms with Crippen molar-refractivity contribution in [2.45, 2.75) is 44.8 Å². The largest absolute Gasteiger partial charge is 0.322 e. The van der Waals surface area contributed by atoms with Crippen LogP contribution in [0.5, 0.6) is 0 Å². The standard InChI is InChI=1S/C22H25N3OS/c1-14-6-10-19(11-7-14)25-17(4)21(16(3)24-25)23-22(26)18(5)27-20-12-8-15(2)9-13-20/h6-13,18H,1-5H3,(H,23,26). The van der Waals surface area contributed by atoms with Gasteiger partial charge in [0.15, 0.2) is 0 Å². The van der Waals surface area contributed by atoms with Crippen LogP contribution in [-0.4, -0.2) is 20.9 Å². The van der Waals surface area contributed by atoms with Gasteiger partial charge in [-0.05, 0) is 58.9 Å². The molecule has 4 nitrogen and oxygen atoms in total. The highest BCUT2D eigenvalue weighted by Crippen LogP contribution is 2.27. The molecule has 0 aliphatic heterocycles. The molecule has 5 heteroatoms. The second kappa shape index (κ2) is 8.01. The van der Waals surface area contributed by atoms with E-state index >= 15 is 0 Å². The van der Waals surface area contributed by atoms with Gasteiger partial charge in [0, 0.05) is 4.90 Å². The van der Waals surface area contributed by atoms with Crippen LogP contribution in [0.1, 0.15) is 29.4 Å². The fraction of sp³-hybridized carbons (Fsp3) is 0.273. The number of benzene rings is 2. The Bertz CT molecular complexity index is 943. The van der Waals surface area contributed by atoms with E-state index in [1.165, 1.54) is 11.1 Å². The molecule has 3 aromatic rings. The number of carbonyl (C=O) groups is 1. The number of amides is 1. The normalized spacial score (nSPS) is 12.0. The molecule has 0 saturated carbocycles. The summed E-state index contributed by atoms with van der Waals surface area (Å²) in [6, 6.07) is 16.4. The summed E-state index contributed by atoms with van der Waals surface area (Å²) in [5.41, 5.74) is 5.94. The lowest BCUT2D eigenvalue weighted by Crippen LogP contribution is -2.23. The van der Waals surface area contributed by atoms with Crippen LogP contribution in [0, 0.1) is 27.7 Å². The molecule has 0 spiro atoms. The highest BCUT2D eigenvalue weighted by atomic mass is 32.2. The Hall–Kier alpha value is -2.53. The first-order valence-corrected chi connectivity index (χ1v) is 9.90. The minimum absolute atomic E-state index is 0.0183. The Morgan fingerprint density at radius 2 is 1.52 bits per heavy atom. The van der Waals surface area contributed by atoms with Gasteiger partial charge in [0.25, 0.3) is 0 Å².